The van der Waals surface area contributed by atoms with Gasteiger partial charge in [0.05, 0.1) is 5.56 Å². The molecule has 1 aliphatic carbocycles. The molecule has 0 radical (unpaired) electrons. The fourth-order valence-electron chi connectivity index (χ4n) is 2.53. The van der Waals surface area contributed by atoms with Crippen LogP contribution >= 0.6 is 23.2 Å². The lowest BCUT2D eigenvalue weighted by molar-refractivity contribution is -0.132. The number of halogens is 2. The Kier molecular flexibility index (Phi) is 6.33. The standard InChI is InChI=1S/C14H9NO3.C4H2Cl2O3/c16-14(17)11-7-3-6-10-12(11)8-4-1-2-5-9(8)13(10)15-18;5-2(1-7)3(6)4(8)9/h1-7,18H,(H,16,17);1H,(H,8,9)/b15-13+;3-2-. The molecule has 0 amide bonds. The van der Waals surface area contributed by atoms with Crippen molar-refractivity contribution in [3.05, 3.63) is 69.2 Å². The molecule has 0 aromatic heterocycles. The number of aromatic carboxylic acids is 1. The number of carbonyl (C=O) groups excluding carboxylic acids is 1. The van der Waals surface area contributed by atoms with Crippen molar-refractivity contribution in [3.63, 3.8) is 0 Å². The minimum absolute atomic E-state index is 0.165. The van der Waals surface area contributed by atoms with Gasteiger partial charge in [-0.3, -0.25) is 4.79 Å². The van der Waals surface area contributed by atoms with E-state index in [1.165, 1.54) is 0 Å². The van der Waals surface area contributed by atoms with E-state index < -0.39 is 22.0 Å². The molecule has 3 N–H and O–H groups in total. The van der Waals surface area contributed by atoms with Gasteiger partial charge in [0.15, 0.2) is 6.29 Å². The van der Waals surface area contributed by atoms with Crippen molar-refractivity contribution in [1.29, 1.82) is 0 Å². The summed E-state index contributed by atoms with van der Waals surface area (Å²) in [7, 11) is 0. The lowest BCUT2D eigenvalue weighted by atomic mass is 10.00. The van der Waals surface area contributed by atoms with Gasteiger partial charge in [0, 0.05) is 16.7 Å². The highest BCUT2D eigenvalue weighted by Gasteiger charge is 2.28. The number of nitrogens with zero attached hydrogens (tertiary/aromatic N) is 1. The number of aliphatic carboxylic acids is 1. The number of carboxylic acids is 2. The smallest absolute Gasteiger partial charge is 0.348 e. The molecule has 2 aromatic carbocycles. The fourth-order valence-corrected chi connectivity index (χ4v) is 2.66. The highest BCUT2D eigenvalue weighted by atomic mass is 35.5. The van der Waals surface area contributed by atoms with E-state index >= 15 is 0 Å². The molecule has 0 unspecified atom stereocenters. The molecule has 0 saturated heterocycles. The molecule has 2 aromatic rings. The summed E-state index contributed by atoms with van der Waals surface area (Å²) in [6.45, 7) is 0. The third-order valence-corrected chi connectivity index (χ3v) is 4.34. The van der Waals surface area contributed by atoms with Crippen LogP contribution in [0.25, 0.3) is 11.1 Å². The van der Waals surface area contributed by atoms with Gasteiger partial charge in [-0.05, 0) is 11.6 Å². The molecule has 0 spiro atoms. The minimum Gasteiger partial charge on any atom is -0.478 e. The molecular formula is C18H11Cl2NO6. The van der Waals surface area contributed by atoms with Crippen LogP contribution in [0, 0.1) is 0 Å². The zero-order valence-electron chi connectivity index (χ0n) is 13.4. The number of fused-ring (bicyclic) bond motifs is 3. The summed E-state index contributed by atoms with van der Waals surface area (Å²) in [5.74, 6) is -2.39. The number of carboxylic acid groups (broad SMARTS) is 2. The summed E-state index contributed by atoms with van der Waals surface area (Å²) in [6.07, 6.45) is 0.165. The minimum atomic E-state index is -1.41. The third-order valence-electron chi connectivity index (χ3n) is 3.60. The summed E-state index contributed by atoms with van der Waals surface area (Å²) < 4.78 is 0. The first-order chi connectivity index (χ1) is 12.8. The van der Waals surface area contributed by atoms with Crippen molar-refractivity contribution in [1.82, 2.24) is 0 Å². The molecule has 9 heteroatoms. The summed E-state index contributed by atoms with van der Waals surface area (Å²) in [5, 5.41) is 28.5. The monoisotopic (exact) mass is 407 g/mol. The van der Waals surface area contributed by atoms with Crippen molar-refractivity contribution < 1.29 is 29.8 Å². The van der Waals surface area contributed by atoms with E-state index in [1.54, 1.807) is 18.2 Å². The van der Waals surface area contributed by atoms with E-state index in [1.807, 2.05) is 24.3 Å². The Morgan fingerprint density at radius 1 is 0.926 bits per heavy atom. The molecule has 27 heavy (non-hydrogen) atoms. The Bertz CT molecular complexity index is 997. The van der Waals surface area contributed by atoms with Gasteiger partial charge < -0.3 is 15.4 Å². The predicted molar refractivity (Wildman–Crippen MR) is 98.7 cm³/mol. The molecule has 0 aliphatic heterocycles. The van der Waals surface area contributed by atoms with Gasteiger partial charge in [0.1, 0.15) is 15.8 Å². The van der Waals surface area contributed by atoms with Gasteiger partial charge in [-0.25, -0.2) is 9.59 Å². The Labute approximate surface area is 162 Å². The molecule has 0 bridgehead atoms. The summed E-state index contributed by atoms with van der Waals surface area (Å²) in [5.41, 5.74) is 3.45. The van der Waals surface area contributed by atoms with Crippen LogP contribution in [0.3, 0.4) is 0 Å². The number of allylic oxidation sites excluding steroid dienone is 1. The SMILES string of the molecule is O=C(O)c1cccc2c1-c1ccccc1/C2=N\O.O=C/C(Cl)=C(/Cl)C(=O)O. The summed E-state index contributed by atoms with van der Waals surface area (Å²) in [6, 6.07) is 12.3. The molecule has 3 rings (SSSR count). The second kappa shape index (κ2) is 8.48. The zero-order valence-corrected chi connectivity index (χ0v) is 14.9. The first-order valence-electron chi connectivity index (χ1n) is 7.25. The first-order valence-corrected chi connectivity index (χ1v) is 8.01. The maximum atomic E-state index is 11.3. The molecule has 0 heterocycles. The molecule has 1 aliphatic rings. The number of oxime groups is 1. The summed E-state index contributed by atoms with van der Waals surface area (Å²) >= 11 is 9.99. The molecule has 0 saturated carbocycles. The molecule has 138 valence electrons. The Balaban J connectivity index is 0.000000249. The topological polar surface area (TPSA) is 124 Å². The first kappa shape index (κ1) is 20.2. The van der Waals surface area contributed by atoms with Gasteiger partial charge in [0.2, 0.25) is 0 Å². The number of rotatable bonds is 3. The van der Waals surface area contributed by atoms with Crippen molar-refractivity contribution >= 4 is 47.1 Å². The fraction of sp³-hybridized carbons (Fsp3) is 0. The van der Waals surface area contributed by atoms with Crippen molar-refractivity contribution in [2.45, 2.75) is 0 Å². The van der Waals surface area contributed by atoms with Crippen LogP contribution in [-0.4, -0.2) is 39.4 Å². The van der Waals surface area contributed by atoms with E-state index in [-0.39, 0.29) is 11.8 Å². The van der Waals surface area contributed by atoms with E-state index in [4.69, 9.17) is 33.5 Å². The second-order valence-corrected chi connectivity index (χ2v) is 5.90. The van der Waals surface area contributed by atoms with Crippen LogP contribution in [0.15, 0.2) is 57.7 Å². The normalized spacial score (nSPS) is 13.6. The highest BCUT2D eigenvalue weighted by Crippen LogP contribution is 2.39. The van der Waals surface area contributed by atoms with Crippen LogP contribution < -0.4 is 0 Å². The number of hydrogen-bond donors (Lipinski definition) is 3. The second-order valence-electron chi connectivity index (χ2n) is 5.11. The van der Waals surface area contributed by atoms with Crippen molar-refractivity contribution in [3.8, 4) is 11.1 Å². The zero-order chi connectivity index (χ0) is 20.1. The summed E-state index contributed by atoms with van der Waals surface area (Å²) in [4.78, 5) is 30.8. The average molecular weight is 408 g/mol. The molecular weight excluding hydrogens is 397 g/mol. The van der Waals surface area contributed by atoms with E-state index in [0.717, 1.165) is 11.1 Å². The van der Waals surface area contributed by atoms with E-state index in [0.29, 0.717) is 16.8 Å². The number of aldehydes is 1. The van der Waals surface area contributed by atoms with Crippen LogP contribution in [0.1, 0.15) is 21.5 Å². The Morgan fingerprint density at radius 3 is 2.00 bits per heavy atom. The lowest BCUT2D eigenvalue weighted by Gasteiger charge is -2.04. The Hall–Kier alpha value is -3.16. The van der Waals surface area contributed by atoms with Gasteiger partial charge >= 0.3 is 11.9 Å². The molecule has 0 atom stereocenters. The van der Waals surface area contributed by atoms with Gasteiger partial charge in [-0.1, -0.05) is 64.8 Å². The van der Waals surface area contributed by atoms with Gasteiger partial charge in [-0.2, -0.15) is 0 Å². The lowest BCUT2D eigenvalue weighted by Crippen LogP contribution is -2.01. The predicted octanol–water partition coefficient (Wildman–Crippen LogP) is 3.55. The number of carbonyl (C=O) groups is 3. The van der Waals surface area contributed by atoms with Gasteiger partial charge in [-0.15, -0.1) is 0 Å². The van der Waals surface area contributed by atoms with E-state index in [2.05, 4.69) is 5.16 Å². The average Bonchev–Trinajstić information content (AvgIpc) is 3.00. The van der Waals surface area contributed by atoms with Gasteiger partial charge in [0.25, 0.3) is 0 Å². The van der Waals surface area contributed by atoms with Crippen LogP contribution in [0.5, 0.6) is 0 Å². The largest absolute Gasteiger partial charge is 0.478 e. The van der Waals surface area contributed by atoms with E-state index in [9.17, 15) is 19.5 Å². The van der Waals surface area contributed by atoms with Crippen molar-refractivity contribution in [2.75, 3.05) is 0 Å². The van der Waals surface area contributed by atoms with Crippen molar-refractivity contribution in [2.24, 2.45) is 5.16 Å². The number of hydrogen-bond acceptors (Lipinski definition) is 5. The Morgan fingerprint density at radius 2 is 1.52 bits per heavy atom. The molecule has 7 nitrogen and oxygen atoms in total. The highest BCUT2D eigenvalue weighted by molar-refractivity contribution is 6.51. The maximum absolute atomic E-state index is 11.3. The van der Waals surface area contributed by atoms with Crippen LogP contribution in [0.4, 0.5) is 0 Å². The third kappa shape index (κ3) is 3.99. The van der Waals surface area contributed by atoms with Crippen LogP contribution in [0.2, 0.25) is 0 Å². The maximum Gasteiger partial charge on any atom is 0.348 e. The molecule has 0 fully saturated rings. The van der Waals surface area contributed by atoms with Crippen LogP contribution in [-0.2, 0) is 9.59 Å². The number of benzene rings is 2. The quantitative estimate of drug-likeness (QED) is 0.264.